The number of phosphoric ester groups is 1. The predicted octanol–water partition coefficient (Wildman–Crippen LogP) is 1.86. The SMILES string of the molecule is COP(=O)(O)OCC1CC(n2cnc3c(N)nccc32)CC1N=O. The Bertz CT molecular complexity index is 796. The van der Waals surface area contributed by atoms with E-state index in [1.165, 1.54) is 0 Å². The average molecular weight is 355 g/mol. The van der Waals surface area contributed by atoms with Gasteiger partial charge < -0.3 is 15.2 Å². The van der Waals surface area contributed by atoms with Gasteiger partial charge in [0.2, 0.25) is 0 Å². The number of hydrogen-bond acceptors (Lipinski definition) is 8. The second kappa shape index (κ2) is 6.56. The minimum absolute atomic E-state index is 0.0336. The first-order valence-corrected chi connectivity index (χ1v) is 8.87. The molecule has 3 rings (SSSR count). The summed E-state index contributed by atoms with van der Waals surface area (Å²) in [6.45, 7) is -0.0785. The number of nitroso groups, excluding NO2 is 1. The normalized spacial score (nSPS) is 26.5. The Morgan fingerprint density at radius 3 is 3.00 bits per heavy atom. The third kappa shape index (κ3) is 3.18. The molecule has 1 aliphatic rings. The summed E-state index contributed by atoms with van der Waals surface area (Å²) < 4.78 is 22.6. The van der Waals surface area contributed by atoms with Crippen molar-refractivity contribution in [2.24, 2.45) is 11.1 Å². The Hall–Kier alpha value is -1.87. The Morgan fingerprint density at radius 2 is 2.29 bits per heavy atom. The van der Waals surface area contributed by atoms with Crippen molar-refractivity contribution in [1.29, 1.82) is 0 Å². The van der Waals surface area contributed by atoms with Crippen LogP contribution < -0.4 is 5.73 Å². The van der Waals surface area contributed by atoms with Gasteiger partial charge in [-0.15, -0.1) is 0 Å². The number of rotatable bonds is 6. The van der Waals surface area contributed by atoms with Crippen LogP contribution in [0.2, 0.25) is 0 Å². The summed E-state index contributed by atoms with van der Waals surface area (Å²) in [5.41, 5.74) is 7.24. The van der Waals surface area contributed by atoms with E-state index in [2.05, 4.69) is 19.7 Å². The first kappa shape index (κ1) is 17.0. The second-order valence-electron chi connectivity index (χ2n) is 5.72. The Morgan fingerprint density at radius 1 is 1.50 bits per heavy atom. The molecule has 0 saturated heterocycles. The molecule has 0 radical (unpaired) electrons. The number of imidazole rings is 1. The summed E-state index contributed by atoms with van der Waals surface area (Å²) in [6.07, 6.45) is 4.31. The summed E-state index contributed by atoms with van der Waals surface area (Å²) in [4.78, 5) is 28.7. The van der Waals surface area contributed by atoms with Crippen LogP contribution in [-0.2, 0) is 13.6 Å². The van der Waals surface area contributed by atoms with Crippen molar-refractivity contribution in [3.8, 4) is 0 Å². The van der Waals surface area contributed by atoms with Crippen LogP contribution in [0.25, 0.3) is 11.0 Å². The molecule has 4 atom stereocenters. The number of nitrogens with zero attached hydrogens (tertiary/aromatic N) is 4. The molecule has 2 aromatic rings. The molecule has 4 unspecified atom stereocenters. The van der Waals surface area contributed by atoms with Gasteiger partial charge in [-0.1, -0.05) is 5.18 Å². The third-order valence-corrected chi connectivity index (χ3v) is 5.30. The maximum atomic E-state index is 11.4. The monoisotopic (exact) mass is 355 g/mol. The molecule has 0 bridgehead atoms. The molecule has 24 heavy (non-hydrogen) atoms. The van der Waals surface area contributed by atoms with E-state index in [9.17, 15) is 14.4 Å². The highest BCUT2D eigenvalue weighted by atomic mass is 31.2. The molecule has 0 aromatic carbocycles. The fourth-order valence-corrected chi connectivity index (χ4v) is 3.61. The van der Waals surface area contributed by atoms with Crippen LogP contribution in [0, 0.1) is 10.8 Å². The van der Waals surface area contributed by atoms with Gasteiger partial charge in [0, 0.05) is 25.3 Å². The van der Waals surface area contributed by atoms with Gasteiger partial charge in [-0.25, -0.2) is 14.5 Å². The lowest BCUT2D eigenvalue weighted by atomic mass is 10.1. The highest BCUT2D eigenvalue weighted by Gasteiger charge is 2.38. The van der Waals surface area contributed by atoms with Gasteiger partial charge in [0.15, 0.2) is 5.82 Å². The van der Waals surface area contributed by atoms with E-state index in [-0.39, 0.29) is 18.6 Å². The number of phosphoric acid groups is 1. The molecule has 0 aliphatic heterocycles. The van der Waals surface area contributed by atoms with Gasteiger partial charge in [-0.3, -0.25) is 9.05 Å². The van der Waals surface area contributed by atoms with Crippen molar-refractivity contribution >= 4 is 24.7 Å². The number of nitrogens with two attached hydrogens (primary N) is 1. The molecule has 10 nitrogen and oxygen atoms in total. The van der Waals surface area contributed by atoms with Crippen LogP contribution in [-0.4, -0.2) is 39.2 Å². The van der Waals surface area contributed by atoms with Crippen LogP contribution in [0.4, 0.5) is 5.82 Å². The van der Waals surface area contributed by atoms with Crippen LogP contribution >= 0.6 is 7.82 Å². The number of pyridine rings is 1. The quantitative estimate of drug-likeness (QED) is 0.590. The zero-order valence-electron chi connectivity index (χ0n) is 13.0. The maximum absolute atomic E-state index is 11.4. The van der Waals surface area contributed by atoms with Crippen LogP contribution in [0.3, 0.4) is 0 Å². The van der Waals surface area contributed by atoms with E-state index in [1.807, 2.05) is 4.57 Å². The fourth-order valence-electron chi connectivity index (χ4n) is 3.13. The van der Waals surface area contributed by atoms with Crippen molar-refractivity contribution in [3.63, 3.8) is 0 Å². The van der Waals surface area contributed by atoms with Crippen LogP contribution in [0.5, 0.6) is 0 Å². The van der Waals surface area contributed by atoms with Gasteiger partial charge in [-0.2, -0.15) is 4.91 Å². The molecule has 2 aromatic heterocycles. The Kier molecular flexibility index (Phi) is 4.64. The van der Waals surface area contributed by atoms with Gasteiger partial charge >= 0.3 is 7.82 Å². The molecule has 130 valence electrons. The number of hydrogen-bond donors (Lipinski definition) is 2. The lowest BCUT2D eigenvalue weighted by Gasteiger charge is -2.16. The van der Waals surface area contributed by atoms with Gasteiger partial charge in [0.25, 0.3) is 0 Å². The standard InChI is InChI=1S/C13H18N5O5P/c1-22-24(20,21)23-6-8-4-9(5-10(8)17-19)18-7-16-12-11(18)2-3-15-13(12)14/h2-3,7-10H,4-6H2,1H3,(H2,14,15)(H,20,21). The second-order valence-corrected chi connectivity index (χ2v) is 7.28. The molecule has 1 aliphatic carbocycles. The summed E-state index contributed by atoms with van der Waals surface area (Å²) in [5, 5.41) is 3.14. The molecule has 1 fully saturated rings. The summed E-state index contributed by atoms with van der Waals surface area (Å²) in [7, 11) is -2.99. The first-order valence-electron chi connectivity index (χ1n) is 7.37. The van der Waals surface area contributed by atoms with Gasteiger partial charge in [0.1, 0.15) is 5.52 Å². The molecule has 3 N–H and O–H groups in total. The number of aromatic nitrogens is 3. The predicted molar refractivity (Wildman–Crippen MR) is 86.1 cm³/mol. The topological polar surface area (TPSA) is 142 Å². The number of fused-ring (bicyclic) bond motifs is 1. The van der Waals surface area contributed by atoms with E-state index in [0.29, 0.717) is 24.2 Å². The fraction of sp³-hybridized carbons (Fsp3) is 0.538. The number of nitrogen functional groups attached to an aromatic ring is 1. The van der Waals surface area contributed by atoms with E-state index in [1.54, 1.807) is 18.6 Å². The van der Waals surface area contributed by atoms with E-state index in [4.69, 9.17) is 10.3 Å². The summed E-state index contributed by atoms with van der Waals surface area (Å²) in [5.74, 6) is 0.0651. The minimum atomic E-state index is -4.08. The summed E-state index contributed by atoms with van der Waals surface area (Å²) >= 11 is 0. The largest absolute Gasteiger partial charge is 0.471 e. The van der Waals surface area contributed by atoms with Crippen LogP contribution in [0.1, 0.15) is 18.9 Å². The Balaban J connectivity index is 1.79. The average Bonchev–Trinajstić information content (AvgIpc) is 3.17. The number of anilines is 1. The van der Waals surface area contributed by atoms with E-state index < -0.39 is 13.9 Å². The molecule has 1 saturated carbocycles. The highest BCUT2D eigenvalue weighted by molar-refractivity contribution is 7.47. The third-order valence-electron chi connectivity index (χ3n) is 4.36. The zero-order chi connectivity index (χ0) is 17.3. The van der Waals surface area contributed by atoms with Gasteiger partial charge in [0.05, 0.1) is 24.5 Å². The molecular formula is C13H18N5O5P. The highest BCUT2D eigenvalue weighted by Crippen LogP contribution is 2.45. The van der Waals surface area contributed by atoms with Gasteiger partial charge in [-0.05, 0) is 18.9 Å². The molecular weight excluding hydrogens is 337 g/mol. The molecule has 2 heterocycles. The zero-order valence-corrected chi connectivity index (χ0v) is 13.9. The van der Waals surface area contributed by atoms with Crippen molar-refractivity contribution < 1.29 is 18.5 Å². The maximum Gasteiger partial charge on any atom is 0.471 e. The minimum Gasteiger partial charge on any atom is -0.382 e. The van der Waals surface area contributed by atoms with Crippen molar-refractivity contribution in [2.75, 3.05) is 19.5 Å². The van der Waals surface area contributed by atoms with E-state index >= 15 is 0 Å². The Labute approximate surface area is 137 Å². The molecule has 0 spiro atoms. The van der Waals surface area contributed by atoms with Crippen molar-refractivity contribution in [2.45, 2.75) is 24.9 Å². The lowest BCUT2D eigenvalue weighted by molar-refractivity contribution is 0.146. The van der Waals surface area contributed by atoms with Crippen LogP contribution in [0.15, 0.2) is 23.8 Å². The smallest absolute Gasteiger partial charge is 0.382 e. The molecule has 0 amide bonds. The molecule has 11 heteroatoms. The van der Waals surface area contributed by atoms with Crippen molar-refractivity contribution in [3.05, 3.63) is 23.5 Å². The van der Waals surface area contributed by atoms with E-state index in [0.717, 1.165) is 12.6 Å². The summed E-state index contributed by atoms with van der Waals surface area (Å²) in [6, 6.07) is 1.26. The van der Waals surface area contributed by atoms with Crippen molar-refractivity contribution in [1.82, 2.24) is 14.5 Å². The lowest BCUT2D eigenvalue weighted by Crippen LogP contribution is -2.16. The first-order chi connectivity index (χ1) is 11.4.